The zero-order valence-electron chi connectivity index (χ0n) is 9.73. The number of hydrogen-bond donors (Lipinski definition) is 1. The molecule has 0 aliphatic carbocycles. The van der Waals surface area contributed by atoms with Gasteiger partial charge in [0.15, 0.2) is 0 Å². The summed E-state index contributed by atoms with van der Waals surface area (Å²) >= 11 is 0. The third kappa shape index (κ3) is 3.80. The Morgan fingerprint density at radius 1 is 1.28 bits per heavy atom. The number of hydrogen-bond acceptors (Lipinski definition) is 2. The molecule has 0 aliphatic heterocycles. The van der Waals surface area contributed by atoms with Gasteiger partial charge in [0.05, 0.1) is 11.1 Å². The lowest BCUT2D eigenvalue weighted by atomic mass is 10.0. The molecule has 0 heterocycles. The Hall–Kier alpha value is -1.98. The monoisotopic (exact) mass is 252 g/mol. The fourth-order valence-electron chi connectivity index (χ4n) is 1.27. The molecule has 1 aromatic carbocycles. The fourth-order valence-corrected chi connectivity index (χ4v) is 1.27. The smallest absolute Gasteiger partial charge is 0.319 e. The largest absolute Gasteiger partial charge is 0.416 e. The second-order valence-corrected chi connectivity index (χ2v) is 3.53. The Kier molecular flexibility index (Phi) is 4.76. The summed E-state index contributed by atoms with van der Waals surface area (Å²) in [6, 6.07) is 4.72. The number of benzene rings is 1. The maximum atomic E-state index is 12.4. The minimum Gasteiger partial charge on any atom is -0.319 e. The number of nitrogens with zero attached hydrogens (tertiary/aromatic N) is 1. The van der Waals surface area contributed by atoms with Crippen LogP contribution in [0.5, 0.6) is 0 Å². The van der Waals surface area contributed by atoms with Crippen molar-refractivity contribution in [3.63, 3.8) is 0 Å². The SMILES string of the molecule is CNCCC#Cc1ccc(C(F)(F)F)cc1C#N. The Morgan fingerprint density at radius 2 is 2.00 bits per heavy atom. The Morgan fingerprint density at radius 3 is 2.56 bits per heavy atom. The zero-order chi connectivity index (χ0) is 13.6. The summed E-state index contributed by atoms with van der Waals surface area (Å²) in [5.41, 5.74) is -0.566. The quantitative estimate of drug-likeness (QED) is 0.648. The molecule has 0 unspecified atom stereocenters. The van der Waals surface area contributed by atoms with Gasteiger partial charge in [-0.1, -0.05) is 11.8 Å². The van der Waals surface area contributed by atoms with Crippen LogP contribution in [-0.2, 0) is 6.18 Å². The van der Waals surface area contributed by atoms with E-state index in [0.29, 0.717) is 18.5 Å². The third-order valence-electron chi connectivity index (χ3n) is 2.19. The van der Waals surface area contributed by atoms with E-state index in [1.807, 2.05) is 0 Å². The molecule has 0 amide bonds. The average molecular weight is 252 g/mol. The van der Waals surface area contributed by atoms with E-state index in [-0.39, 0.29) is 5.56 Å². The van der Waals surface area contributed by atoms with E-state index in [1.54, 1.807) is 13.1 Å². The van der Waals surface area contributed by atoms with Gasteiger partial charge in [0.25, 0.3) is 0 Å². The summed E-state index contributed by atoms with van der Waals surface area (Å²) in [6.07, 6.45) is -3.87. The predicted molar refractivity (Wildman–Crippen MR) is 61.6 cm³/mol. The van der Waals surface area contributed by atoms with Crippen molar-refractivity contribution in [2.24, 2.45) is 0 Å². The molecule has 0 bridgehead atoms. The molecular formula is C13H11F3N2. The fraction of sp³-hybridized carbons (Fsp3) is 0.308. The second kappa shape index (κ2) is 6.09. The van der Waals surface area contributed by atoms with E-state index in [2.05, 4.69) is 17.2 Å². The van der Waals surface area contributed by atoms with Gasteiger partial charge in [0.1, 0.15) is 6.07 Å². The molecule has 0 saturated heterocycles. The lowest BCUT2D eigenvalue weighted by molar-refractivity contribution is -0.137. The molecule has 0 aliphatic rings. The molecule has 1 N–H and O–H groups in total. The molecule has 1 aromatic rings. The first-order valence-corrected chi connectivity index (χ1v) is 5.24. The van der Waals surface area contributed by atoms with Gasteiger partial charge in [-0.15, -0.1) is 0 Å². The molecule has 0 radical (unpaired) electrons. The van der Waals surface area contributed by atoms with Crippen LogP contribution in [0.4, 0.5) is 13.2 Å². The average Bonchev–Trinajstić information content (AvgIpc) is 2.33. The first-order chi connectivity index (χ1) is 8.49. The maximum absolute atomic E-state index is 12.4. The van der Waals surface area contributed by atoms with Crippen LogP contribution in [0.15, 0.2) is 18.2 Å². The second-order valence-electron chi connectivity index (χ2n) is 3.53. The van der Waals surface area contributed by atoms with E-state index in [0.717, 1.165) is 12.1 Å². The maximum Gasteiger partial charge on any atom is 0.416 e. The van der Waals surface area contributed by atoms with Crippen molar-refractivity contribution in [1.82, 2.24) is 5.32 Å². The van der Waals surface area contributed by atoms with Crippen molar-refractivity contribution in [2.75, 3.05) is 13.6 Å². The number of halogens is 3. The van der Waals surface area contributed by atoms with Crippen LogP contribution in [0.2, 0.25) is 0 Å². The molecule has 1 rings (SSSR count). The highest BCUT2D eigenvalue weighted by molar-refractivity contribution is 5.50. The highest BCUT2D eigenvalue weighted by atomic mass is 19.4. The highest BCUT2D eigenvalue weighted by Crippen LogP contribution is 2.30. The summed E-state index contributed by atoms with van der Waals surface area (Å²) in [5.74, 6) is 5.49. The molecule has 94 valence electrons. The van der Waals surface area contributed by atoms with Gasteiger partial charge in [-0.05, 0) is 25.2 Å². The van der Waals surface area contributed by atoms with E-state index in [1.165, 1.54) is 6.07 Å². The number of rotatable bonds is 2. The first-order valence-electron chi connectivity index (χ1n) is 5.24. The molecular weight excluding hydrogens is 241 g/mol. The number of alkyl halides is 3. The van der Waals surface area contributed by atoms with Gasteiger partial charge in [-0.3, -0.25) is 0 Å². The van der Waals surface area contributed by atoms with E-state index in [4.69, 9.17) is 5.26 Å². The Bertz CT molecular complexity index is 516. The molecule has 0 fully saturated rings. The third-order valence-corrected chi connectivity index (χ3v) is 2.19. The van der Waals surface area contributed by atoms with Crippen LogP contribution in [0, 0.1) is 23.2 Å². The summed E-state index contributed by atoms with van der Waals surface area (Å²) in [6.45, 7) is 0.690. The van der Waals surface area contributed by atoms with Crippen molar-refractivity contribution in [1.29, 1.82) is 5.26 Å². The summed E-state index contributed by atoms with van der Waals surface area (Å²) < 4.78 is 37.3. The van der Waals surface area contributed by atoms with Crippen molar-refractivity contribution in [2.45, 2.75) is 12.6 Å². The first kappa shape index (κ1) is 14.1. The van der Waals surface area contributed by atoms with Crippen molar-refractivity contribution >= 4 is 0 Å². The minimum atomic E-state index is -4.44. The topological polar surface area (TPSA) is 35.8 Å². The molecule has 0 aromatic heterocycles. The molecule has 0 spiro atoms. The predicted octanol–water partition coefficient (Wildman–Crippen LogP) is 2.54. The number of nitrogens with one attached hydrogen (secondary N) is 1. The van der Waals surface area contributed by atoms with Gasteiger partial charge >= 0.3 is 6.18 Å². The molecule has 0 atom stereocenters. The van der Waals surface area contributed by atoms with Crippen LogP contribution in [-0.4, -0.2) is 13.6 Å². The van der Waals surface area contributed by atoms with Crippen molar-refractivity contribution in [3.8, 4) is 17.9 Å². The lowest BCUT2D eigenvalue weighted by Crippen LogP contribution is -2.06. The summed E-state index contributed by atoms with van der Waals surface area (Å²) in [7, 11) is 1.78. The lowest BCUT2D eigenvalue weighted by Gasteiger charge is -2.07. The van der Waals surface area contributed by atoms with Crippen LogP contribution in [0.1, 0.15) is 23.1 Å². The van der Waals surface area contributed by atoms with E-state index in [9.17, 15) is 13.2 Å². The van der Waals surface area contributed by atoms with Crippen LogP contribution in [0.25, 0.3) is 0 Å². The molecule has 0 saturated carbocycles. The van der Waals surface area contributed by atoms with Gasteiger partial charge in [0, 0.05) is 18.5 Å². The van der Waals surface area contributed by atoms with E-state index >= 15 is 0 Å². The minimum absolute atomic E-state index is 0.0539. The van der Waals surface area contributed by atoms with Crippen LogP contribution >= 0.6 is 0 Å². The van der Waals surface area contributed by atoms with Gasteiger partial charge in [0.2, 0.25) is 0 Å². The molecule has 18 heavy (non-hydrogen) atoms. The summed E-state index contributed by atoms with van der Waals surface area (Å²) in [4.78, 5) is 0. The van der Waals surface area contributed by atoms with Crippen LogP contribution < -0.4 is 5.32 Å². The molecule has 2 nitrogen and oxygen atoms in total. The van der Waals surface area contributed by atoms with Gasteiger partial charge in [-0.25, -0.2) is 0 Å². The van der Waals surface area contributed by atoms with E-state index < -0.39 is 11.7 Å². The van der Waals surface area contributed by atoms with Crippen molar-refractivity contribution in [3.05, 3.63) is 34.9 Å². The zero-order valence-corrected chi connectivity index (χ0v) is 9.73. The molecule has 5 heteroatoms. The van der Waals surface area contributed by atoms with Crippen LogP contribution in [0.3, 0.4) is 0 Å². The van der Waals surface area contributed by atoms with Gasteiger partial charge in [-0.2, -0.15) is 18.4 Å². The van der Waals surface area contributed by atoms with Crippen molar-refractivity contribution < 1.29 is 13.2 Å². The summed E-state index contributed by atoms with van der Waals surface area (Å²) in [5, 5.41) is 11.7. The normalized spacial score (nSPS) is 10.4. The Balaban J connectivity index is 3.01. The Labute approximate surface area is 103 Å². The number of nitriles is 1. The van der Waals surface area contributed by atoms with Gasteiger partial charge < -0.3 is 5.32 Å². The highest BCUT2D eigenvalue weighted by Gasteiger charge is 2.30. The standard InChI is InChI=1S/C13H11F3N2/c1-18-7-3-2-4-10-5-6-12(13(14,15)16)8-11(10)9-17/h5-6,8,18H,3,7H2,1H3.